The number of nitro benzene ring substituents is 1. The topological polar surface area (TPSA) is 99.0 Å². The van der Waals surface area contributed by atoms with E-state index in [4.69, 9.17) is 0 Å². The van der Waals surface area contributed by atoms with E-state index < -0.39 is 10.2 Å². The number of rotatable bonds is 7. The van der Waals surface area contributed by atoms with Gasteiger partial charge < -0.3 is 10.2 Å². The summed E-state index contributed by atoms with van der Waals surface area (Å²) in [5, 5.41) is 15.4. The Kier molecular flexibility index (Phi) is 6.05. The summed E-state index contributed by atoms with van der Waals surface area (Å²) in [6.45, 7) is 4.10. The van der Waals surface area contributed by atoms with Crippen molar-refractivity contribution in [1.82, 2.24) is 8.61 Å². The van der Waals surface area contributed by atoms with Crippen molar-refractivity contribution >= 4 is 27.3 Å². The molecular weight excluding hydrogens is 454 g/mol. The summed E-state index contributed by atoms with van der Waals surface area (Å²) in [6.07, 6.45) is 7.83. The van der Waals surface area contributed by atoms with Gasteiger partial charge in [0.2, 0.25) is 0 Å². The van der Waals surface area contributed by atoms with E-state index in [2.05, 4.69) is 17.1 Å². The molecule has 1 aromatic carbocycles. The van der Waals surface area contributed by atoms with Gasteiger partial charge in [0.15, 0.2) is 0 Å². The van der Waals surface area contributed by atoms with Crippen LogP contribution in [-0.2, 0) is 10.2 Å². The fraction of sp³-hybridized carbons (Fsp3) is 0.750. The minimum atomic E-state index is -3.43. The molecule has 1 aromatic rings. The van der Waals surface area contributed by atoms with Crippen molar-refractivity contribution in [3.63, 3.8) is 0 Å². The Bertz CT molecular complexity index is 1020. The third-order valence-corrected chi connectivity index (χ3v) is 10.9. The quantitative estimate of drug-likeness (QED) is 0.463. The summed E-state index contributed by atoms with van der Waals surface area (Å²) < 4.78 is 27.6. The highest BCUT2D eigenvalue weighted by Crippen LogP contribution is 2.61. The van der Waals surface area contributed by atoms with Gasteiger partial charge in [0.1, 0.15) is 5.69 Å². The lowest BCUT2D eigenvalue weighted by atomic mass is 9.48. The zero-order valence-electron chi connectivity index (χ0n) is 20.4. The van der Waals surface area contributed by atoms with Crippen LogP contribution in [0.25, 0.3) is 0 Å². The monoisotopic (exact) mass is 491 g/mol. The summed E-state index contributed by atoms with van der Waals surface area (Å²) in [6, 6.07) is 5.45. The molecule has 4 aliphatic carbocycles. The predicted octanol–water partition coefficient (Wildman–Crippen LogP) is 3.54. The van der Waals surface area contributed by atoms with Crippen LogP contribution in [0.1, 0.15) is 45.4 Å². The highest BCUT2D eigenvalue weighted by atomic mass is 32.2. The molecule has 1 unspecified atom stereocenters. The fourth-order valence-electron chi connectivity index (χ4n) is 7.50. The maximum absolute atomic E-state index is 12.4. The van der Waals surface area contributed by atoms with Crippen LogP contribution in [0.15, 0.2) is 18.2 Å². The smallest absolute Gasteiger partial charge is 0.292 e. The lowest BCUT2D eigenvalue weighted by Crippen LogP contribution is -2.53. The average Bonchev–Trinajstić information content (AvgIpc) is 2.78. The van der Waals surface area contributed by atoms with Crippen molar-refractivity contribution in [2.75, 3.05) is 50.5 Å². The first kappa shape index (κ1) is 23.8. The third kappa shape index (κ3) is 4.18. The molecule has 4 saturated carbocycles. The average molecular weight is 492 g/mol. The number of nitro groups is 1. The standard InChI is InChI=1S/C24H37N5O4S/c1-17(24-14-18-10-19(15-24)12-20(11-18)16-24)25-22-13-21(4-5-23(22)29(30)31)27-6-8-28(9-7-27)34(32,33)26(2)3/h4-5,13,17-20,25H,6-12,14-16H2,1-3H3. The highest BCUT2D eigenvalue weighted by molar-refractivity contribution is 7.86. The van der Waals surface area contributed by atoms with E-state index in [1.165, 1.54) is 47.1 Å². The Hall–Kier alpha value is -1.91. The van der Waals surface area contributed by atoms with Crippen LogP contribution in [-0.4, -0.2) is 68.3 Å². The van der Waals surface area contributed by atoms with Gasteiger partial charge in [0.25, 0.3) is 15.9 Å². The molecular formula is C24H37N5O4S. The van der Waals surface area contributed by atoms with E-state index in [1.807, 2.05) is 6.07 Å². The van der Waals surface area contributed by atoms with Gasteiger partial charge in [0.05, 0.1) is 4.92 Å². The number of piperazine rings is 1. The zero-order chi connectivity index (χ0) is 24.3. The molecule has 5 fully saturated rings. The molecule has 1 heterocycles. The molecule has 0 aromatic heterocycles. The molecule has 1 N–H and O–H groups in total. The van der Waals surface area contributed by atoms with Crippen molar-refractivity contribution in [2.24, 2.45) is 23.2 Å². The Morgan fingerprint density at radius 1 is 1.06 bits per heavy atom. The summed E-state index contributed by atoms with van der Waals surface area (Å²) in [7, 11) is -0.346. The molecule has 1 saturated heterocycles. The number of benzene rings is 1. The molecule has 0 amide bonds. The Morgan fingerprint density at radius 2 is 1.62 bits per heavy atom. The van der Waals surface area contributed by atoms with Crippen molar-refractivity contribution in [2.45, 2.75) is 51.5 Å². The number of hydrogen-bond acceptors (Lipinski definition) is 6. The second kappa shape index (κ2) is 8.64. The Labute approximate surface area is 202 Å². The van der Waals surface area contributed by atoms with E-state index in [1.54, 1.807) is 26.2 Å². The van der Waals surface area contributed by atoms with Gasteiger partial charge in [-0.3, -0.25) is 10.1 Å². The van der Waals surface area contributed by atoms with Crippen molar-refractivity contribution in [1.29, 1.82) is 0 Å². The van der Waals surface area contributed by atoms with Crippen LogP contribution in [0.3, 0.4) is 0 Å². The van der Waals surface area contributed by atoms with Crippen LogP contribution in [0, 0.1) is 33.3 Å². The largest absolute Gasteiger partial charge is 0.376 e. The molecule has 5 aliphatic rings. The van der Waals surface area contributed by atoms with Crippen LogP contribution in [0.4, 0.5) is 17.1 Å². The molecule has 9 nitrogen and oxygen atoms in total. The lowest BCUT2D eigenvalue weighted by molar-refractivity contribution is -0.384. The highest BCUT2D eigenvalue weighted by Gasteiger charge is 2.53. The predicted molar refractivity (Wildman–Crippen MR) is 133 cm³/mol. The molecule has 0 radical (unpaired) electrons. The first-order valence-electron chi connectivity index (χ1n) is 12.5. The third-order valence-electron chi connectivity index (χ3n) is 8.94. The lowest BCUT2D eigenvalue weighted by Gasteiger charge is -2.59. The number of nitrogens with one attached hydrogen (secondary N) is 1. The molecule has 188 valence electrons. The SMILES string of the molecule is CC(Nc1cc(N2CCN(S(=O)(=O)N(C)C)CC2)ccc1[N+](=O)[O-])C12CC3CC(CC(C3)C1)C2. The maximum Gasteiger partial charge on any atom is 0.292 e. The second-order valence-electron chi connectivity index (χ2n) is 11.3. The summed E-state index contributed by atoms with van der Waals surface area (Å²) in [5.41, 5.74) is 1.82. The van der Waals surface area contributed by atoms with Crippen molar-refractivity contribution < 1.29 is 13.3 Å². The number of hydrogen-bond donors (Lipinski definition) is 1. The van der Waals surface area contributed by atoms with Gasteiger partial charge in [0, 0.05) is 58.1 Å². The minimum absolute atomic E-state index is 0.106. The second-order valence-corrected chi connectivity index (χ2v) is 13.4. The van der Waals surface area contributed by atoms with Gasteiger partial charge in [-0.05, 0) is 80.8 Å². The van der Waals surface area contributed by atoms with Crippen molar-refractivity contribution in [3.05, 3.63) is 28.3 Å². The van der Waals surface area contributed by atoms with Gasteiger partial charge in [-0.2, -0.15) is 17.0 Å². The van der Waals surface area contributed by atoms with Crippen LogP contribution in [0.2, 0.25) is 0 Å². The molecule has 4 bridgehead atoms. The van der Waals surface area contributed by atoms with Crippen LogP contribution >= 0.6 is 0 Å². The molecule has 1 atom stereocenters. The van der Waals surface area contributed by atoms with E-state index in [0.717, 1.165) is 23.4 Å². The molecule has 34 heavy (non-hydrogen) atoms. The van der Waals surface area contributed by atoms with E-state index in [0.29, 0.717) is 31.9 Å². The van der Waals surface area contributed by atoms with E-state index in [9.17, 15) is 18.5 Å². The zero-order valence-corrected chi connectivity index (χ0v) is 21.3. The van der Waals surface area contributed by atoms with E-state index >= 15 is 0 Å². The minimum Gasteiger partial charge on any atom is -0.376 e. The van der Waals surface area contributed by atoms with Gasteiger partial charge >= 0.3 is 0 Å². The first-order chi connectivity index (χ1) is 16.1. The maximum atomic E-state index is 12.4. The normalized spacial score (nSPS) is 32.2. The van der Waals surface area contributed by atoms with E-state index in [-0.39, 0.29) is 22.1 Å². The summed E-state index contributed by atoms with van der Waals surface area (Å²) >= 11 is 0. The first-order valence-corrected chi connectivity index (χ1v) is 13.9. The molecule has 10 heteroatoms. The van der Waals surface area contributed by atoms with Crippen LogP contribution in [0.5, 0.6) is 0 Å². The van der Waals surface area contributed by atoms with Gasteiger partial charge in [-0.25, -0.2) is 0 Å². The Balaban J connectivity index is 1.34. The van der Waals surface area contributed by atoms with Crippen LogP contribution < -0.4 is 10.2 Å². The fourth-order valence-corrected chi connectivity index (χ4v) is 8.58. The summed E-state index contributed by atoms with van der Waals surface area (Å²) in [4.78, 5) is 13.6. The molecule has 6 rings (SSSR count). The van der Waals surface area contributed by atoms with Crippen molar-refractivity contribution in [3.8, 4) is 0 Å². The summed E-state index contributed by atoms with van der Waals surface area (Å²) in [5.74, 6) is 2.48. The molecule has 1 aliphatic heterocycles. The molecule has 0 spiro atoms. The van der Waals surface area contributed by atoms with Gasteiger partial charge in [-0.15, -0.1) is 0 Å². The van der Waals surface area contributed by atoms with Gasteiger partial charge in [-0.1, -0.05) is 0 Å². The number of anilines is 2. The number of nitrogens with zero attached hydrogens (tertiary/aromatic N) is 4. The Morgan fingerprint density at radius 3 is 2.12 bits per heavy atom.